The van der Waals surface area contributed by atoms with Crippen molar-refractivity contribution in [1.82, 2.24) is 10.3 Å². The molecule has 2 fully saturated rings. The third-order valence-corrected chi connectivity index (χ3v) is 5.69. The summed E-state index contributed by atoms with van der Waals surface area (Å²) in [5.41, 5.74) is 0.566. The quantitative estimate of drug-likeness (QED) is 0.930. The third kappa shape index (κ3) is 2.71. The highest BCUT2D eigenvalue weighted by Gasteiger charge is 2.43. The van der Waals surface area contributed by atoms with Crippen molar-refractivity contribution in [2.45, 2.75) is 30.9 Å². The highest BCUT2D eigenvalue weighted by Crippen LogP contribution is 2.43. The molecule has 0 bridgehead atoms. The molecular formula is C15H21FN2OS. The van der Waals surface area contributed by atoms with E-state index in [0.717, 1.165) is 31.6 Å². The Morgan fingerprint density at radius 1 is 1.60 bits per heavy atom. The first-order valence-electron chi connectivity index (χ1n) is 7.23. The zero-order chi connectivity index (χ0) is 14.0. The second-order valence-electron chi connectivity index (χ2n) is 5.72. The normalized spacial score (nSPS) is 31.6. The fourth-order valence-corrected chi connectivity index (χ4v) is 4.81. The van der Waals surface area contributed by atoms with Crippen molar-refractivity contribution < 1.29 is 9.13 Å². The SMILES string of the molecule is CNC(c1ncccc1F)C1CCOC2(CCSC2)C1. The van der Waals surface area contributed by atoms with Gasteiger partial charge in [-0.3, -0.25) is 4.98 Å². The highest BCUT2D eigenvalue weighted by atomic mass is 32.2. The summed E-state index contributed by atoms with van der Waals surface area (Å²) in [5, 5.41) is 3.27. The molecule has 3 nitrogen and oxygen atoms in total. The molecule has 20 heavy (non-hydrogen) atoms. The molecule has 2 aliphatic heterocycles. The Morgan fingerprint density at radius 3 is 3.20 bits per heavy atom. The van der Waals surface area contributed by atoms with E-state index in [1.165, 1.54) is 11.8 Å². The molecule has 0 amide bonds. The number of hydrogen-bond acceptors (Lipinski definition) is 4. The Morgan fingerprint density at radius 2 is 2.50 bits per heavy atom. The number of halogens is 1. The van der Waals surface area contributed by atoms with Gasteiger partial charge in [0.1, 0.15) is 5.82 Å². The maximum atomic E-state index is 14.0. The Bertz CT molecular complexity index is 465. The van der Waals surface area contributed by atoms with Gasteiger partial charge in [-0.1, -0.05) is 0 Å². The second-order valence-corrected chi connectivity index (χ2v) is 6.83. The van der Waals surface area contributed by atoms with Crippen LogP contribution in [0.5, 0.6) is 0 Å². The van der Waals surface area contributed by atoms with E-state index in [2.05, 4.69) is 10.3 Å². The summed E-state index contributed by atoms with van der Waals surface area (Å²) >= 11 is 1.96. The Hall–Kier alpha value is -0.650. The topological polar surface area (TPSA) is 34.2 Å². The van der Waals surface area contributed by atoms with Gasteiger partial charge in [0.2, 0.25) is 0 Å². The molecule has 2 aliphatic rings. The Balaban J connectivity index is 1.81. The van der Waals surface area contributed by atoms with Crippen LogP contribution in [-0.4, -0.2) is 35.7 Å². The molecular weight excluding hydrogens is 275 g/mol. The van der Waals surface area contributed by atoms with Gasteiger partial charge < -0.3 is 10.1 Å². The number of thioether (sulfide) groups is 1. The number of rotatable bonds is 3. The smallest absolute Gasteiger partial charge is 0.146 e. The summed E-state index contributed by atoms with van der Waals surface area (Å²) in [6.45, 7) is 0.776. The molecule has 5 heteroatoms. The van der Waals surface area contributed by atoms with Gasteiger partial charge in [0.05, 0.1) is 17.3 Å². The van der Waals surface area contributed by atoms with Crippen LogP contribution in [0.25, 0.3) is 0 Å². The van der Waals surface area contributed by atoms with E-state index in [1.807, 2.05) is 18.8 Å². The van der Waals surface area contributed by atoms with Crippen LogP contribution in [0, 0.1) is 11.7 Å². The van der Waals surface area contributed by atoms with Gasteiger partial charge >= 0.3 is 0 Å². The zero-order valence-electron chi connectivity index (χ0n) is 11.8. The van der Waals surface area contributed by atoms with Crippen molar-refractivity contribution in [3.63, 3.8) is 0 Å². The van der Waals surface area contributed by atoms with Crippen molar-refractivity contribution >= 4 is 11.8 Å². The van der Waals surface area contributed by atoms with E-state index in [0.29, 0.717) is 11.6 Å². The van der Waals surface area contributed by atoms with Crippen molar-refractivity contribution in [3.8, 4) is 0 Å². The summed E-state index contributed by atoms with van der Waals surface area (Å²) in [5.74, 6) is 2.42. The van der Waals surface area contributed by atoms with Crippen molar-refractivity contribution in [1.29, 1.82) is 0 Å². The van der Waals surface area contributed by atoms with Crippen LogP contribution in [0.3, 0.4) is 0 Å². The summed E-state index contributed by atoms with van der Waals surface area (Å²) < 4.78 is 20.1. The monoisotopic (exact) mass is 296 g/mol. The minimum absolute atomic E-state index is 0.0218. The van der Waals surface area contributed by atoms with Crippen molar-refractivity contribution in [2.75, 3.05) is 25.2 Å². The largest absolute Gasteiger partial charge is 0.374 e. The lowest BCUT2D eigenvalue weighted by Crippen LogP contribution is -2.43. The van der Waals surface area contributed by atoms with Crippen LogP contribution in [0.15, 0.2) is 18.3 Å². The molecule has 1 spiro atoms. The first-order chi connectivity index (χ1) is 9.74. The van der Waals surface area contributed by atoms with Gasteiger partial charge in [-0.25, -0.2) is 4.39 Å². The van der Waals surface area contributed by atoms with Gasteiger partial charge in [0, 0.05) is 18.6 Å². The summed E-state index contributed by atoms with van der Waals surface area (Å²) in [6.07, 6.45) is 4.76. The Labute approximate surface area is 123 Å². The standard InChI is InChI=1S/C15H21FN2OS/c1-17-13(14-12(16)3-2-6-18-14)11-4-7-19-15(9-11)5-8-20-10-15/h2-3,6,11,13,17H,4-5,7-10H2,1H3. The van der Waals surface area contributed by atoms with Crippen molar-refractivity contribution in [2.24, 2.45) is 5.92 Å². The van der Waals surface area contributed by atoms with Gasteiger partial charge in [0.25, 0.3) is 0 Å². The first-order valence-corrected chi connectivity index (χ1v) is 8.39. The van der Waals surface area contributed by atoms with E-state index in [1.54, 1.807) is 12.3 Å². The molecule has 1 N–H and O–H groups in total. The van der Waals surface area contributed by atoms with E-state index in [-0.39, 0.29) is 17.5 Å². The lowest BCUT2D eigenvalue weighted by molar-refractivity contribution is -0.0854. The minimum atomic E-state index is -0.215. The fraction of sp³-hybridized carbons (Fsp3) is 0.667. The summed E-state index contributed by atoms with van der Waals surface area (Å²) in [7, 11) is 1.89. The van der Waals surface area contributed by atoms with Gasteiger partial charge in [0.15, 0.2) is 0 Å². The minimum Gasteiger partial charge on any atom is -0.374 e. The lowest BCUT2D eigenvalue weighted by Gasteiger charge is -2.40. The molecule has 3 unspecified atom stereocenters. The molecule has 1 aromatic heterocycles. The molecule has 0 aliphatic carbocycles. The van der Waals surface area contributed by atoms with Gasteiger partial charge in [-0.05, 0) is 50.1 Å². The molecule has 0 saturated carbocycles. The summed E-state index contributed by atoms with van der Waals surface area (Å²) in [6, 6.07) is 3.11. The van der Waals surface area contributed by atoms with E-state index in [4.69, 9.17) is 4.74 Å². The number of pyridine rings is 1. The highest BCUT2D eigenvalue weighted by molar-refractivity contribution is 7.99. The molecule has 0 radical (unpaired) electrons. The van der Waals surface area contributed by atoms with Crippen molar-refractivity contribution in [3.05, 3.63) is 29.8 Å². The molecule has 3 atom stereocenters. The lowest BCUT2D eigenvalue weighted by atomic mass is 9.80. The predicted octanol–water partition coefficient (Wildman–Crippen LogP) is 2.78. The van der Waals surface area contributed by atoms with Crippen LogP contribution in [0.4, 0.5) is 4.39 Å². The predicted molar refractivity (Wildman–Crippen MR) is 79.3 cm³/mol. The van der Waals surface area contributed by atoms with Crippen LogP contribution < -0.4 is 5.32 Å². The van der Waals surface area contributed by atoms with Gasteiger partial charge in [-0.15, -0.1) is 0 Å². The number of ether oxygens (including phenoxy) is 1. The number of nitrogens with one attached hydrogen (secondary N) is 1. The summed E-state index contributed by atoms with van der Waals surface area (Å²) in [4.78, 5) is 4.26. The average Bonchev–Trinajstić information content (AvgIpc) is 2.90. The van der Waals surface area contributed by atoms with Gasteiger partial charge in [-0.2, -0.15) is 11.8 Å². The van der Waals surface area contributed by atoms with Crippen LogP contribution in [0.2, 0.25) is 0 Å². The second kappa shape index (κ2) is 6.00. The third-order valence-electron chi connectivity index (χ3n) is 4.46. The van der Waals surface area contributed by atoms with E-state index < -0.39 is 0 Å². The first kappa shape index (κ1) is 14.3. The molecule has 1 aromatic rings. The number of nitrogens with zero attached hydrogens (tertiary/aromatic N) is 1. The number of hydrogen-bond donors (Lipinski definition) is 1. The molecule has 3 heterocycles. The maximum Gasteiger partial charge on any atom is 0.146 e. The number of aromatic nitrogens is 1. The fourth-order valence-electron chi connectivity index (χ4n) is 3.44. The molecule has 110 valence electrons. The average molecular weight is 296 g/mol. The molecule has 2 saturated heterocycles. The van der Waals surface area contributed by atoms with E-state index >= 15 is 0 Å². The van der Waals surface area contributed by atoms with E-state index in [9.17, 15) is 4.39 Å². The van der Waals surface area contributed by atoms with Crippen LogP contribution in [0.1, 0.15) is 31.0 Å². The zero-order valence-corrected chi connectivity index (χ0v) is 12.6. The molecule has 0 aromatic carbocycles. The van der Waals surface area contributed by atoms with Crippen LogP contribution >= 0.6 is 11.8 Å². The maximum absolute atomic E-state index is 14.0. The van der Waals surface area contributed by atoms with Crippen LogP contribution in [-0.2, 0) is 4.74 Å². The Kier molecular flexibility index (Phi) is 4.29. The molecule has 3 rings (SSSR count).